The minimum absolute atomic E-state index is 0.0121. The van der Waals surface area contributed by atoms with Crippen molar-refractivity contribution in [1.29, 1.82) is 0 Å². The highest BCUT2D eigenvalue weighted by Gasteiger charge is 2.38. The highest BCUT2D eigenvalue weighted by molar-refractivity contribution is 5.90. The summed E-state index contributed by atoms with van der Waals surface area (Å²) in [4.78, 5) is 26.9. The highest BCUT2D eigenvalue weighted by atomic mass is 19.4. The molecule has 12 nitrogen and oxygen atoms in total. The molecule has 0 atom stereocenters. The Kier molecular flexibility index (Phi) is 5.55. The minimum atomic E-state index is -4.96. The average molecular weight is 465 g/mol. The third kappa shape index (κ3) is 4.68. The first-order valence-corrected chi connectivity index (χ1v) is 8.82. The number of carbonyl (C=O) groups is 1. The molecule has 0 bridgehead atoms. The summed E-state index contributed by atoms with van der Waals surface area (Å²) in [5.41, 5.74) is 2.93. The fourth-order valence-corrected chi connectivity index (χ4v) is 2.51. The van der Waals surface area contributed by atoms with Crippen LogP contribution in [0.4, 0.5) is 40.8 Å². The van der Waals surface area contributed by atoms with Crippen LogP contribution in [0.5, 0.6) is 0 Å². The predicted molar refractivity (Wildman–Crippen MR) is 103 cm³/mol. The molecule has 3 aromatic heterocycles. The van der Waals surface area contributed by atoms with Gasteiger partial charge in [0.05, 0.1) is 7.11 Å². The lowest BCUT2D eigenvalue weighted by atomic mass is 10.2. The molecule has 1 aromatic carbocycles. The maximum absolute atomic E-state index is 13.3. The number of methoxy groups -OCH3 is 1. The number of nitrogens with one attached hydrogen (secondary N) is 3. The van der Waals surface area contributed by atoms with Crippen LogP contribution in [-0.4, -0.2) is 43.3 Å². The molecule has 0 fully saturated rings. The summed E-state index contributed by atoms with van der Waals surface area (Å²) in [6, 6.07) is 5.24. The van der Waals surface area contributed by atoms with Crippen LogP contribution in [0.1, 0.15) is 16.1 Å². The average Bonchev–Trinajstić information content (AvgIpc) is 3.25. The number of hydrazine groups is 1. The van der Waals surface area contributed by atoms with Gasteiger partial charge in [-0.3, -0.25) is 10.9 Å². The Bertz CT molecular complexity index is 1310. The zero-order chi connectivity index (χ0) is 23.6. The topological polar surface area (TPSA) is 153 Å². The molecule has 0 spiro atoms. The number of carbonyl (C=O) groups excluding carboxylic acids is 1. The SMILES string of the molecule is COC(=O)c1cnc(NNc2nc3nonc3nc2Nc2ccc(F)cc2)nc1C(F)(F)F. The fraction of sp³-hybridized carbons (Fsp3) is 0.118. The predicted octanol–water partition coefficient (Wildman–Crippen LogP) is 2.93. The fourth-order valence-electron chi connectivity index (χ4n) is 2.51. The van der Waals surface area contributed by atoms with Crippen LogP contribution >= 0.6 is 0 Å². The van der Waals surface area contributed by atoms with Gasteiger partial charge in [-0.1, -0.05) is 0 Å². The number of esters is 1. The molecule has 16 heteroatoms. The Morgan fingerprint density at radius 3 is 2.30 bits per heavy atom. The Hall–Kier alpha value is -4.63. The summed E-state index contributed by atoms with van der Waals surface area (Å²) in [5.74, 6) is -2.27. The molecule has 0 unspecified atom stereocenters. The van der Waals surface area contributed by atoms with Gasteiger partial charge in [-0.2, -0.15) is 18.2 Å². The van der Waals surface area contributed by atoms with E-state index in [0.29, 0.717) is 11.9 Å². The van der Waals surface area contributed by atoms with Crippen molar-refractivity contribution >= 4 is 40.5 Å². The Balaban J connectivity index is 1.63. The number of nitrogens with zero attached hydrogens (tertiary/aromatic N) is 6. The normalized spacial score (nSPS) is 11.3. The maximum atomic E-state index is 13.3. The molecule has 33 heavy (non-hydrogen) atoms. The molecule has 0 aliphatic heterocycles. The van der Waals surface area contributed by atoms with Gasteiger partial charge < -0.3 is 10.1 Å². The van der Waals surface area contributed by atoms with Crippen molar-refractivity contribution in [2.24, 2.45) is 0 Å². The second-order valence-electron chi connectivity index (χ2n) is 6.16. The summed E-state index contributed by atoms with van der Waals surface area (Å²) < 4.78 is 62.0. The summed E-state index contributed by atoms with van der Waals surface area (Å²) in [6.07, 6.45) is -4.29. The summed E-state index contributed by atoms with van der Waals surface area (Å²) >= 11 is 0. The van der Waals surface area contributed by atoms with Crippen molar-refractivity contribution in [2.75, 3.05) is 23.3 Å². The first kappa shape index (κ1) is 21.6. The second-order valence-corrected chi connectivity index (χ2v) is 6.16. The minimum Gasteiger partial charge on any atom is -0.465 e. The van der Waals surface area contributed by atoms with Crippen molar-refractivity contribution in [1.82, 2.24) is 30.2 Å². The molecule has 0 amide bonds. The highest BCUT2D eigenvalue weighted by Crippen LogP contribution is 2.31. The van der Waals surface area contributed by atoms with Gasteiger partial charge in [-0.15, -0.1) is 0 Å². The zero-order valence-corrected chi connectivity index (χ0v) is 16.3. The van der Waals surface area contributed by atoms with E-state index in [-0.39, 0.29) is 22.9 Å². The van der Waals surface area contributed by atoms with Gasteiger partial charge in [0.25, 0.3) is 0 Å². The number of alkyl halides is 3. The van der Waals surface area contributed by atoms with Crippen LogP contribution in [0.2, 0.25) is 0 Å². The lowest BCUT2D eigenvalue weighted by Gasteiger charge is -2.14. The molecule has 4 aromatic rings. The molecule has 0 saturated heterocycles. The van der Waals surface area contributed by atoms with E-state index in [9.17, 15) is 22.4 Å². The maximum Gasteiger partial charge on any atom is 0.434 e. The van der Waals surface area contributed by atoms with Gasteiger partial charge in [0.15, 0.2) is 17.3 Å². The number of halogens is 4. The standard InChI is InChI=1S/C17H11F4N9O3/c1-32-15(31)9-6-22-16(24-10(9)17(19,20)21)28-27-12-11(23-8-4-2-7(18)3-5-8)25-13-14(26-12)30-33-29-13/h2-6H,1H3,(H,22,24,28)(H,23,25,29)(H,26,27,30). The van der Waals surface area contributed by atoms with Crippen molar-refractivity contribution in [2.45, 2.75) is 6.18 Å². The van der Waals surface area contributed by atoms with E-state index in [0.717, 1.165) is 7.11 Å². The lowest BCUT2D eigenvalue weighted by Crippen LogP contribution is -2.21. The van der Waals surface area contributed by atoms with Crippen molar-refractivity contribution in [3.8, 4) is 0 Å². The van der Waals surface area contributed by atoms with E-state index in [2.05, 4.69) is 55.8 Å². The van der Waals surface area contributed by atoms with Crippen LogP contribution in [0.25, 0.3) is 11.3 Å². The molecule has 3 N–H and O–H groups in total. The monoisotopic (exact) mass is 465 g/mol. The Morgan fingerprint density at radius 2 is 1.67 bits per heavy atom. The third-order valence-electron chi connectivity index (χ3n) is 3.98. The first-order valence-electron chi connectivity index (χ1n) is 8.82. The smallest absolute Gasteiger partial charge is 0.434 e. The van der Waals surface area contributed by atoms with Gasteiger partial charge in [-0.25, -0.2) is 28.8 Å². The van der Waals surface area contributed by atoms with E-state index in [4.69, 9.17) is 0 Å². The van der Waals surface area contributed by atoms with Crippen LogP contribution in [0, 0.1) is 5.82 Å². The lowest BCUT2D eigenvalue weighted by molar-refractivity contribution is -0.141. The van der Waals surface area contributed by atoms with Crippen LogP contribution in [0.3, 0.4) is 0 Å². The first-order chi connectivity index (χ1) is 15.7. The van der Waals surface area contributed by atoms with E-state index in [1.54, 1.807) is 0 Å². The molecule has 0 aliphatic rings. The van der Waals surface area contributed by atoms with Crippen molar-refractivity contribution in [3.05, 3.63) is 47.5 Å². The van der Waals surface area contributed by atoms with Crippen LogP contribution < -0.4 is 16.2 Å². The van der Waals surface area contributed by atoms with Crippen LogP contribution in [-0.2, 0) is 10.9 Å². The van der Waals surface area contributed by atoms with E-state index in [1.165, 1.54) is 24.3 Å². The number of ether oxygens (including phenoxy) is 1. The second kappa shape index (κ2) is 8.48. The zero-order valence-electron chi connectivity index (χ0n) is 16.3. The summed E-state index contributed by atoms with van der Waals surface area (Å²) in [5, 5.41) is 9.96. The van der Waals surface area contributed by atoms with Gasteiger partial charge in [0.1, 0.15) is 11.4 Å². The molecule has 0 radical (unpaired) electrons. The quantitative estimate of drug-likeness (QED) is 0.218. The van der Waals surface area contributed by atoms with Crippen molar-refractivity contribution in [3.63, 3.8) is 0 Å². The molecule has 4 rings (SSSR count). The number of fused-ring (bicyclic) bond motifs is 1. The molecule has 3 heterocycles. The van der Waals surface area contributed by atoms with E-state index >= 15 is 0 Å². The Morgan fingerprint density at radius 1 is 1.00 bits per heavy atom. The summed E-state index contributed by atoms with van der Waals surface area (Å²) in [6.45, 7) is 0. The van der Waals surface area contributed by atoms with Gasteiger partial charge in [0.2, 0.25) is 17.2 Å². The van der Waals surface area contributed by atoms with E-state index < -0.39 is 35.2 Å². The number of aromatic nitrogens is 6. The molecule has 0 saturated carbocycles. The van der Waals surface area contributed by atoms with Gasteiger partial charge >= 0.3 is 12.1 Å². The van der Waals surface area contributed by atoms with E-state index in [1.807, 2.05) is 0 Å². The largest absolute Gasteiger partial charge is 0.465 e. The number of benzene rings is 1. The number of anilines is 4. The van der Waals surface area contributed by atoms with Crippen LogP contribution in [0.15, 0.2) is 35.1 Å². The molecule has 0 aliphatic carbocycles. The number of rotatable bonds is 6. The Labute approximate surface area is 180 Å². The molecular formula is C17H11F4N9O3. The van der Waals surface area contributed by atoms with Crippen molar-refractivity contribution < 1.29 is 31.7 Å². The number of hydrogen-bond donors (Lipinski definition) is 3. The summed E-state index contributed by atoms with van der Waals surface area (Å²) in [7, 11) is 0.930. The third-order valence-corrected chi connectivity index (χ3v) is 3.98. The van der Waals surface area contributed by atoms with Gasteiger partial charge in [-0.05, 0) is 34.6 Å². The van der Waals surface area contributed by atoms with Gasteiger partial charge in [0, 0.05) is 11.9 Å². The number of hydrogen-bond acceptors (Lipinski definition) is 12. The molecule has 170 valence electrons. The molecular weight excluding hydrogens is 454 g/mol.